The molecule has 0 saturated carbocycles. The van der Waals surface area contributed by atoms with E-state index < -0.39 is 0 Å². The maximum atomic E-state index is 5.27. The van der Waals surface area contributed by atoms with Crippen LogP contribution in [0.4, 0.5) is 0 Å². The average molecular weight is 740 g/mol. The Morgan fingerprint density at radius 2 is 0.724 bits per heavy atom. The van der Waals surface area contributed by atoms with Crippen LogP contribution < -0.4 is 0 Å². The summed E-state index contributed by atoms with van der Waals surface area (Å²) in [6.07, 6.45) is 0. The van der Waals surface area contributed by atoms with Crippen LogP contribution in [0.15, 0.2) is 200 Å². The zero-order valence-electron chi connectivity index (χ0n) is 31.3. The Kier molecular flexibility index (Phi) is 7.16. The number of para-hydroxylation sites is 3. The molecule has 12 aromatic rings. The van der Waals surface area contributed by atoms with Crippen LogP contribution in [0.5, 0.6) is 0 Å². The Labute approximate surface area is 333 Å². The predicted molar refractivity (Wildman–Crippen MR) is 240 cm³/mol. The predicted octanol–water partition coefficient (Wildman–Crippen LogP) is 13.4. The van der Waals surface area contributed by atoms with Gasteiger partial charge in [-0.25, -0.2) is 15.0 Å². The maximum Gasteiger partial charge on any atom is 0.164 e. The van der Waals surface area contributed by atoms with Gasteiger partial charge in [-0.15, -0.1) is 0 Å². The van der Waals surface area contributed by atoms with Crippen molar-refractivity contribution >= 4 is 65.2 Å². The quantitative estimate of drug-likeness (QED) is 0.177. The van der Waals surface area contributed by atoms with Crippen LogP contribution in [0.1, 0.15) is 0 Å². The molecule has 0 aliphatic rings. The van der Waals surface area contributed by atoms with Gasteiger partial charge in [-0.3, -0.25) is 0 Å². The molecule has 9 aromatic carbocycles. The summed E-state index contributed by atoms with van der Waals surface area (Å²) < 4.78 is 4.85. The van der Waals surface area contributed by atoms with Gasteiger partial charge in [0.25, 0.3) is 0 Å². The van der Waals surface area contributed by atoms with Gasteiger partial charge in [0.15, 0.2) is 17.5 Å². The summed E-state index contributed by atoms with van der Waals surface area (Å²) in [5.74, 6) is 1.90. The minimum Gasteiger partial charge on any atom is -0.307 e. The van der Waals surface area contributed by atoms with Crippen molar-refractivity contribution in [2.75, 3.05) is 0 Å². The molecule has 270 valence electrons. The Hall–Kier alpha value is -7.89. The van der Waals surface area contributed by atoms with Gasteiger partial charge in [0, 0.05) is 49.6 Å². The third kappa shape index (κ3) is 4.93. The number of hydrogen-bond acceptors (Lipinski definition) is 3. The second-order valence-corrected chi connectivity index (χ2v) is 14.8. The monoisotopic (exact) mass is 739 g/mol. The molecule has 58 heavy (non-hydrogen) atoms. The number of aromatic nitrogens is 5. The number of hydrogen-bond donors (Lipinski definition) is 0. The van der Waals surface area contributed by atoms with Gasteiger partial charge in [0.2, 0.25) is 0 Å². The molecule has 0 aliphatic carbocycles. The fourth-order valence-corrected chi connectivity index (χ4v) is 8.98. The van der Waals surface area contributed by atoms with Gasteiger partial charge >= 0.3 is 0 Å². The smallest absolute Gasteiger partial charge is 0.164 e. The normalized spacial score (nSPS) is 11.8. The second-order valence-electron chi connectivity index (χ2n) is 14.8. The molecular weight excluding hydrogens is 707 g/mol. The van der Waals surface area contributed by atoms with E-state index in [1.54, 1.807) is 0 Å². The van der Waals surface area contributed by atoms with E-state index in [0.717, 1.165) is 60.6 Å². The van der Waals surface area contributed by atoms with E-state index >= 15 is 0 Å². The molecule has 5 nitrogen and oxygen atoms in total. The number of benzene rings is 9. The van der Waals surface area contributed by atoms with Crippen molar-refractivity contribution in [2.24, 2.45) is 0 Å². The van der Waals surface area contributed by atoms with Gasteiger partial charge in [0.1, 0.15) is 0 Å². The van der Waals surface area contributed by atoms with Gasteiger partial charge < -0.3 is 9.13 Å². The van der Waals surface area contributed by atoms with Crippen molar-refractivity contribution in [1.82, 2.24) is 24.1 Å². The third-order valence-electron chi connectivity index (χ3n) is 11.5. The molecule has 5 heteroatoms. The molecule has 0 bridgehead atoms. The molecule has 0 aliphatic heterocycles. The summed E-state index contributed by atoms with van der Waals surface area (Å²) in [6.45, 7) is 0. The Morgan fingerprint density at radius 3 is 1.31 bits per heavy atom. The standard InChI is InChI=1S/C53H33N5/c1-2-20-37(21-3-1)57-47-29-10-8-25-41(47)43-31-32-44-42-26-9-11-30-48(42)58(50(44)49(43)57)38-22-12-19-36(33-38)51-54-52(45-27-13-17-34-15-4-6-23-39(34)45)56-53(55-51)46-28-14-18-35-16-5-7-24-40(35)46/h1-33H. The highest BCUT2D eigenvalue weighted by Crippen LogP contribution is 2.42. The summed E-state index contributed by atoms with van der Waals surface area (Å²) >= 11 is 0. The molecular formula is C53H33N5. The first kappa shape index (κ1) is 32.4. The van der Waals surface area contributed by atoms with Crippen LogP contribution in [0.2, 0.25) is 0 Å². The second kappa shape index (κ2) is 12.8. The fourth-order valence-electron chi connectivity index (χ4n) is 8.98. The lowest BCUT2D eigenvalue weighted by Crippen LogP contribution is -2.02. The number of fused-ring (bicyclic) bond motifs is 9. The van der Waals surface area contributed by atoms with Crippen LogP contribution in [0.3, 0.4) is 0 Å². The highest BCUT2D eigenvalue weighted by Gasteiger charge is 2.22. The lowest BCUT2D eigenvalue weighted by molar-refractivity contribution is 1.08. The summed E-state index contributed by atoms with van der Waals surface area (Å²) in [5.41, 5.74) is 9.63. The Bertz CT molecular complexity index is 3470. The van der Waals surface area contributed by atoms with E-state index in [1.807, 2.05) is 0 Å². The molecule has 0 saturated heterocycles. The Balaban J connectivity index is 1.14. The fraction of sp³-hybridized carbons (Fsp3) is 0. The van der Waals surface area contributed by atoms with Crippen LogP contribution in [0, 0.1) is 0 Å². The molecule has 12 rings (SSSR count). The van der Waals surface area contributed by atoms with Gasteiger partial charge in [-0.2, -0.15) is 0 Å². The molecule has 0 unspecified atom stereocenters. The van der Waals surface area contributed by atoms with Gasteiger partial charge in [0.05, 0.1) is 22.1 Å². The lowest BCUT2D eigenvalue weighted by Gasteiger charge is -2.14. The van der Waals surface area contributed by atoms with E-state index in [9.17, 15) is 0 Å². The zero-order valence-corrected chi connectivity index (χ0v) is 31.3. The summed E-state index contributed by atoms with van der Waals surface area (Å²) in [6, 6.07) is 70.9. The van der Waals surface area contributed by atoms with Crippen LogP contribution in [0.25, 0.3) is 111 Å². The molecule has 0 fully saturated rings. The van der Waals surface area contributed by atoms with E-state index in [4.69, 9.17) is 15.0 Å². The molecule has 0 N–H and O–H groups in total. The maximum absolute atomic E-state index is 5.27. The van der Waals surface area contributed by atoms with E-state index in [-0.39, 0.29) is 0 Å². The van der Waals surface area contributed by atoms with Crippen LogP contribution in [-0.2, 0) is 0 Å². The first-order valence-electron chi connectivity index (χ1n) is 19.6. The minimum absolute atomic E-state index is 0.618. The molecule has 0 amide bonds. The van der Waals surface area contributed by atoms with Crippen molar-refractivity contribution in [1.29, 1.82) is 0 Å². The van der Waals surface area contributed by atoms with Crippen molar-refractivity contribution in [3.05, 3.63) is 200 Å². The van der Waals surface area contributed by atoms with Crippen LogP contribution >= 0.6 is 0 Å². The largest absolute Gasteiger partial charge is 0.307 e. The summed E-state index contributed by atoms with van der Waals surface area (Å²) in [7, 11) is 0. The highest BCUT2D eigenvalue weighted by atomic mass is 15.1. The molecule has 3 aromatic heterocycles. The number of rotatable bonds is 5. The van der Waals surface area contributed by atoms with Gasteiger partial charge in [-0.1, -0.05) is 164 Å². The first-order valence-corrected chi connectivity index (χ1v) is 19.6. The molecule has 0 radical (unpaired) electrons. The summed E-state index contributed by atoms with van der Waals surface area (Å²) in [5, 5.41) is 9.31. The third-order valence-corrected chi connectivity index (χ3v) is 11.5. The SMILES string of the molecule is c1ccc(-n2c3ccccc3c3ccc4c5ccccc5n(-c5cccc(-c6nc(-c7cccc8ccccc78)nc(-c7cccc8ccccc78)n6)c5)c4c32)cc1. The Morgan fingerprint density at radius 1 is 0.293 bits per heavy atom. The molecule has 0 atom stereocenters. The lowest BCUT2D eigenvalue weighted by atomic mass is 10.0. The van der Waals surface area contributed by atoms with E-state index in [0.29, 0.717) is 17.5 Å². The van der Waals surface area contributed by atoms with Crippen LogP contribution in [-0.4, -0.2) is 24.1 Å². The van der Waals surface area contributed by atoms with Crippen molar-refractivity contribution in [2.45, 2.75) is 0 Å². The zero-order chi connectivity index (χ0) is 38.2. The first-order chi connectivity index (χ1) is 28.8. The summed E-state index contributed by atoms with van der Waals surface area (Å²) in [4.78, 5) is 15.8. The van der Waals surface area contributed by atoms with Gasteiger partial charge in [-0.05, 0) is 57.9 Å². The average Bonchev–Trinajstić information content (AvgIpc) is 3.82. The molecule has 0 spiro atoms. The van der Waals surface area contributed by atoms with Crippen molar-refractivity contribution in [3.63, 3.8) is 0 Å². The highest BCUT2D eigenvalue weighted by molar-refractivity contribution is 6.23. The van der Waals surface area contributed by atoms with E-state index in [1.165, 1.54) is 32.6 Å². The topological polar surface area (TPSA) is 48.5 Å². The molecule has 3 heterocycles. The number of nitrogens with zero attached hydrogens (tertiary/aromatic N) is 5. The van der Waals surface area contributed by atoms with Crippen molar-refractivity contribution < 1.29 is 0 Å². The van der Waals surface area contributed by atoms with Crippen molar-refractivity contribution in [3.8, 4) is 45.5 Å². The minimum atomic E-state index is 0.618. The van der Waals surface area contributed by atoms with E-state index in [2.05, 4.69) is 209 Å².